The van der Waals surface area contributed by atoms with Crippen LogP contribution in [0.5, 0.6) is 0 Å². The summed E-state index contributed by atoms with van der Waals surface area (Å²) in [7, 11) is -2.99. The molecule has 0 aromatic heterocycles. The number of nitrogens with zero attached hydrogens (tertiary/aromatic N) is 1. The van der Waals surface area contributed by atoms with Crippen molar-refractivity contribution in [3.8, 4) is 0 Å². The Morgan fingerprint density at radius 3 is 2.47 bits per heavy atom. The molecule has 0 aliphatic carbocycles. The molecule has 90 valence electrons. The number of sulfonamides is 1. The van der Waals surface area contributed by atoms with Gasteiger partial charge >= 0.3 is 0 Å². The third kappa shape index (κ3) is 4.72. The fourth-order valence-corrected chi connectivity index (χ4v) is 2.84. The van der Waals surface area contributed by atoms with Gasteiger partial charge < -0.3 is 4.74 Å². The summed E-state index contributed by atoms with van der Waals surface area (Å²) in [6.07, 6.45) is 5.12. The Labute approximate surface area is 96.4 Å². The molecule has 4 nitrogen and oxygen atoms in total. The van der Waals surface area contributed by atoms with E-state index in [1.807, 2.05) is 6.26 Å². The minimum atomic E-state index is -2.99. The van der Waals surface area contributed by atoms with Gasteiger partial charge in [-0.3, -0.25) is 0 Å². The van der Waals surface area contributed by atoms with Crippen molar-refractivity contribution in [2.24, 2.45) is 5.92 Å². The largest absolute Gasteiger partial charge is 0.371 e. The standard InChI is InChI=1S/C9H19NO3S2/c1-14-8-13-7-9-3-5-10(6-4-9)15(2,11)12/h9H,3-8H2,1-2H3. The monoisotopic (exact) mass is 253 g/mol. The quantitative estimate of drug-likeness (QED) is 0.541. The average molecular weight is 253 g/mol. The predicted molar refractivity (Wildman–Crippen MR) is 63.5 cm³/mol. The second-order valence-corrected chi connectivity index (χ2v) is 6.68. The van der Waals surface area contributed by atoms with Crippen molar-refractivity contribution >= 4 is 21.8 Å². The highest BCUT2D eigenvalue weighted by Crippen LogP contribution is 2.19. The molecule has 1 aliphatic heterocycles. The lowest BCUT2D eigenvalue weighted by atomic mass is 9.99. The molecule has 15 heavy (non-hydrogen) atoms. The summed E-state index contributed by atoms with van der Waals surface area (Å²) in [5.74, 6) is 1.25. The van der Waals surface area contributed by atoms with Gasteiger partial charge in [0.05, 0.1) is 18.8 Å². The van der Waals surface area contributed by atoms with E-state index in [0.29, 0.717) is 19.0 Å². The molecule has 0 unspecified atom stereocenters. The smallest absolute Gasteiger partial charge is 0.211 e. The second kappa shape index (κ2) is 6.08. The van der Waals surface area contributed by atoms with E-state index in [2.05, 4.69) is 0 Å². The van der Waals surface area contributed by atoms with Gasteiger partial charge in [0.2, 0.25) is 10.0 Å². The molecule has 0 atom stereocenters. The lowest BCUT2D eigenvalue weighted by Gasteiger charge is -2.29. The molecule has 1 heterocycles. The maximum atomic E-state index is 11.2. The van der Waals surface area contributed by atoms with E-state index in [9.17, 15) is 8.42 Å². The first kappa shape index (κ1) is 13.3. The van der Waals surface area contributed by atoms with Crippen LogP contribution < -0.4 is 0 Å². The summed E-state index contributed by atoms with van der Waals surface area (Å²) in [5, 5.41) is 0. The maximum Gasteiger partial charge on any atom is 0.211 e. The molecule has 6 heteroatoms. The minimum absolute atomic E-state index is 0.523. The molecular weight excluding hydrogens is 234 g/mol. The first-order chi connectivity index (χ1) is 7.04. The van der Waals surface area contributed by atoms with E-state index >= 15 is 0 Å². The van der Waals surface area contributed by atoms with Crippen molar-refractivity contribution in [2.45, 2.75) is 12.8 Å². The van der Waals surface area contributed by atoms with Gasteiger partial charge in [0, 0.05) is 13.1 Å². The number of hydrogen-bond donors (Lipinski definition) is 0. The van der Waals surface area contributed by atoms with Gasteiger partial charge in [0.25, 0.3) is 0 Å². The summed E-state index contributed by atoms with van der Waals surface area (Å²) in [4.78, 5) is 0. The third-order valence-electron chi connectivity index (χ3n) is 2.60. The van der Waals surface area contributed by atoms with Crippen molar-refractivity contribution in [1.82, 2.24) is 4.31 Å². The summed E-state index contributed by atoms with van der Waals surface area (Å²) >= 11 is 1.67. The highest BCUT2D eigenvalue weighted by atomic mass is 32.2. The molecule has 0 N–H and O–H groups in total. The SMILES string of the molecule is CSCOCC1CCN(S(C)(=O)=O)CC1. The van der Waals surface area contributed by atoms with E-state index in [-0.39, 0.29) is 0 Å². The van der Waals surface area contributed by atoms with Crippen LogP contribution in [0, 0.1) is 5.92 Å². The molecule has 0 radical (unpaired) electrons. The number of rotatable bonds is 5. The Kier molecular flexibility index (Phi) is 5.38. The van der Waals surface area contributed by atoms with Gasteiger partial charge in [-0.1, -0.05) is 0 Å². The third-order valence-corrected chi connectivity index (χ3v) is 4.30. The number of ether oxygens (including phenoxy) is 1. The topological polar surface area (TPSA) is 46.6 Å². The molecule has 0 bridgehead atoms. The molecule has 0 saturated carbocycles. The number of piperidine rings is 1. The van der Waals surface area contributed by atoms with Gasteiger partial charge in [-0.25, -0.2) is 12.7 Å². The minimum Gasteiger partial charge on any atom is -0.371 e. The maximum absolute atomic E-state index is 11.2. The van der Waals surface area contributed by atoms with Gasteiger partial charge in [-0.05, 0) is 25.0 Å². The molecule has 0 amide bonds. The normalized spacial score (nSPS) is 20.7. The van der Waals surface area contributed by atoms with Gasteiger partial charge in [0.15, 0.2) is 0 Å². The van der Waals surface area contributed by atoms with Crippen molar-refractivity contribution in [3.05, 3.63) is 0 Å². The lowest BCUT2D eigenvalue weighted by Crippen LogP contribution is -2.38. The van der Waals surface area contributed by atoms with Gasteiger partial charge in [0.1, 0.15) is 0 Å². The van der Waals surface area contributed by atoms with Crippen molar-refractivity contribution in [1.29, 1.82) is 0 Å². The van der Waals surface area contributed by atoms with Crippen LogP contribution >= 0.6 is 11.8 Å². The first-order valence-corrected chi connectivity index (χ1v) is 8.30. The first-order valence-electron chi connectivity index (χ1n) is 5.06. The van der Waals surface area contributed by atoms with E-state index < -0.39 is 10.0 Å². The Morgan fingerprint density at radius 2 is 2.00 bits per heavy atom. The van der Waals surface area contributed by atoms with E-state index in [1.54, 1.807) is 16.1 Å². The van der Waals surface area contributed by atoms with Crippen LogP contribution in [0.15, 0.2) is 0 Å². The molecule has 0 aromatic carbocycles. The summed E-state index contributed by atoms with van der Waals surface area (Å²) < 4.78 is 29.5. The molecular formula is C9H19NO3S2. The van der Waals surface area contributed by atoms with Crippen LogP contribution in [0.4, 0.5) is 0 Å². The molecule has 1 aliphatic rings. The van der Waals surface area contributed by atoms with Crippen LogP contribution in [-0.2, 0) is 14.8 Å². The summed E-state index contributed by atoms with van der Waals surface area (Å²) in [5.41, 5.74) is 0. The van der Waals surface area contributed by atoms with Crippen LogP contribution in [0.1, 0.15) is 12.8 Å². The molecule has 1 rings (SSSR count). The highest BCUT2D eigenvalue weighted by molar-refractivity contribution is 7.98. The Balaban J connectivity index is 2.24. The average Bonchev–Trinajstić information content (AvgIpc) is 2.18. The van der Waals surface area contributed by atoms with Gasteiger partial charge in [-0.15, -0.1) is 11.8 Å². The van der Waals surface area contributed by atoms with Crippen LogP contribution in [-0.4, -0.2) is 50.9 Å². The fraction of sp³-hybridized carbons (Fsp3) is 1.00. The Bertz CT molecular complexity index is 271. The Hall–Kier alpha value is 0.220. The number of thioether (sulfide) groups is 1. The zero-order chi connectivity index (χ0) is 11.3. The summed E-state index contributed by atoms with van der Waals surface area (Å²) in [6.45, 7) is 2.05. The molecule has 0 spiro atoms. The molecule has 1 fully saturated rings. The van der Waals surface area contributed by atoms with E-state index in [1.165, 1.54) is 6.26 Å². The van der Waals surface area contributed by atoms with Crippen LogP contribution in [0.3, 0.4) is 0 Å². The van der Waals surface area contributed by atoms with Gasteiger partial charge in [-0.2, -0.15) is 0 Å². The lowest BCUT2D eigenvalue weighted by molar-refractivity contribution is 0.112. The zero-order valence-electron chi connectivity index (χ0n) is 9.31. The van der Waals surface area contributed by atoms with Crippen molar-refractivity contribution < 1.29 is 13.2 Å². The predicted octanol–water partition coefficient (Wildman–Crippen LogP) is 0.995. The fourth-order valence-electron chi connectivity index (χ4n) is 1.71. The second-order valence-electron chi connectivity index (χ2n) is 3.88. The van der Waals surface area contributed by atoms with Crippen LogP contribution in [0.25, 0.3) is 0 Å². The zero-order valence-corrected chi connectivity index (χ0v) is 10.9. The van der Waals surface area contributed by atoms with Crippen LogP contribution in [0.2, 0.25) is 0 Å². The van der Waals surface area contributed by atoms with Crippen molar-refractivity contribution in [3.63, 3.8) is 0 Å². The molecule has 0 aromatic rings. The van der Waals surface area contributed by atoms with Crippen molar-refractivity contribution in [2.75, 3.05) is 38.1 Å². The Morgan fingerprint density at radius 1 is 1.40 bits per heavy atom. The summed E-state index contributed by atoms with van der Waals surface area (Å²) in [6, 6.07) is 0. The molecule has 1 saturated heterocycles. The van der Waals surface area contributed by atoms with E-state index in [0.717, 1.165) is 25.4 Å². The number of hydrogen-bond acceptors (Lipinski definition) is 4. The highest BCUT2D eigenvalue weighted by Gasteiger charge is 2.24. The van der Waals surface area contributed by atoms with E-state index in [4.69, 9.17) is 4.74 Å².